The Bertz CT molecular complexity index is 1450. The van der Waals surface area contributed by atoms with Crippen molar-refractivity contribution < 1.29 is 9.05 Å². The van der Waals surface area contributed by atoms with Crippen LogP contribution in [0.5, 0.6) is 0 Å². The van der Waals surface area contributed by atoms with Gasteiger partial charge < -0.3 is 25.5 Å². The molecule has 0 radical (unpaired) electrons. The first-order valence-electron chi connectivity index (χ1n) is 10.4. The third kappa shape index (κ3) is 4.65. The lowest BCUT2D eigenvalue weighted by molar-refractivity contribution is 0.393. The first kappa shape index (κ1) is 24.5. The first-order valence-corrected chi connectivity index (χ1v) is 12.6. The summed E-state index contributed by atoms with van der Waals surface area (Å²) in [4.78, 5) is 7.75. The molecule has 0 aliphatic rings. The summed E-state index contributed by atoms with van der Waals surface area (Å²) >= 11 is 4.48. The zero-order chi connectivity index (χ0) is 24.7. The summed E-state index contributed by atoms with van der Waals surface area (Å²) in [6.45, 7) is 9.65. The molecule has 0 unspecified atom stereocenters. The Balaban J connectivity index is 0.000000162. The van der Waals surface area contributed by atoms with Crippen LogP contribution in [0.1, 0.15) is 28.7 Å². The highest BCUT2D eigenvalue weighted by atomic mass is 127. The van der Waals surface area contributed by atoms with Gasteiger partial charge >= 0.3 is 0 Å². The van der Waals surface area contributed by atoms with Crippen LogP contribution in [-0.4, -0.2) is 20.3 Å². The highest BCUT2D eigenvalue weighted by Crippen LogP contribution is 2.34. The van der Waals surface area contributed by atoms with E-state index in [0.717, 1.165) is 69.2 Å². The van der Waals surface area contributed by atoms with E-state index in [1.54, 1.807) is 0 Å². The lowest BCUT2D eigenvalue weighted by atomic mass is 10.0. The minimum absolute atomic E-state index is 0.585. The Morgan fingerprint density at radius 2 is 1.29 bits per heavy atom. The van der Waals surface area contributed by atoms with Crippen LogP contribution in [0.25, 0.3) is 33.3 Å². The van der Waals surface area contributed by atoms with Crippen molar-refractivity contribution in [1.29, 1.82) is 0 Å². The second-order valence-corrected chi connectivity index (χ2v) is 10.4. The fourth-order valence-corrected chi connectivity index (χ4v) is 5.31. The number of aryl methyl sites for hydroxylation is 5. The van der Waals surface area contributed by atoms with Crippen LogP contribution >= 0.6 is 45.2 Å². The monoisotopic (exact) mass is 682 g/mol. The molecular weight excluding hydrogens is 658 g/mol. The molecule has 0 saturated heterocycles. The van der Waals surface area contributed by atoms with Crippen molar-refractivity contribution in [3.63, 3.8) is 0 Å². The van der Waals surface area contributed by atoms with E-state index in [1.807, 2.05) is 46.8 Å². The van der Waals surface area contributed by atoms with E-state index in [2.05, 4.69) is 77.6 Å². The van der Waals surface area contributed by atoms with E-state index in [1.165, 1.54) is 0 Å². The van der Waals surface area contributed by atoms with Crippen molar-refractivity contribution in [3.05, 3.63) is 60.1 Å². The van der Waals surface area contributed by atoms with Gasteiger partial charge in [0.15, 0.2) is 0 Å². The average Bonchev–Trinajstić information content (AvgIpc) is 3.42. The van der Waals surface area contributed by atoms with Crippen molar-refractivity contribution in [1.82, 2.24) is 20.3 Å². The van der Waals surface area contributed by atoms with Crippen LogP contribution in [-0.2, 0) is 0 Å². The highest BCUT2D eigenvalue weighted by molar-refractivity contribution is 14.1. The second-order valence-electron chi connectivity index (χ2n) is 8.04. The number of fused-ring (bicyclic) bond motifs is 1. The summed E-state index contributed by atoms with van der Waals surface area (Å²) in [7, 11) is 0. The molecule has 3 heterocycles. The number of nitrogens with one attached hydrogen (secondary N) is 1. The molecule has 0 aliphatic carbocycles. The number of rotatable bonds is 2. The molecule has 0 bridgehead atoms. The third-order valence-electron chi connectivity index (χ3n) is 5.46. The standard InChI is InChI=1S/C13H12IN3O.C11H12IN3O/c1-6-12(7(2)18-17-6)9-4-10(14)13-11(5-9)15-8(3)16-13;1-5-10(6(2)16-15-5)7-3-8(12)11(14)9(13)4-7/h4-5H,1-3H3,(H,15,16);3-4H,13-14H2,1-2H3. The SMILES string of the molecule is Cc1nc2c(I)cc(-c3c(C)noc3C)cc2[nH]1.Cc1noc(C)c1-c1cc(N)c(N)c(I)c1. The minimum Gasteiger partial charge on any atom is -0.397 e. The molecule has 0 saturated carbocycles. The number of nitrogens with zero attached hydrogens (tertiary/aromatic N) is 3. The Morgan fingerprint density at radius 1 is 0.765 bits per heavy atom. The number of benzene rings is 2. The molecule has 176 valence electrons. The number of hydrogen-bond acceptors (Lipinski definition) is 7. The van der Waals surface area contributed by atoms with E-state index >= 15 is 0 Å². The molecule has 0 spiro atoms. The van der Waals surface area contributed by atoms with Gasteiger partial charge in [-0.3, -0.25) is 0 Å². The van der Waals surface area contributed by atoms with Gasteiger partial charge in [0.25, 0.3) is 0 Å². The third-order valence-corrected chi connectivity index (χ3v) is 7.18. The van der Waals surface area contributed by atoms with Crippen LogP contribution in [0, 0.1) is 41.8 Å². The summed E-state index contributed by atoms with van der Waals surface area (Å²) in [5.74, 6) is 2.56. The van der Waals surface area contributed by atoms with Crippen LogP contribution in [0.15, 0.2) is 33.3 Å². The van der Waals surface area contributed by atoms with Gasteiger partial charge in [0, 0.05) is 18.3 Å². The number of H-pyrrole nitrogens is 1. The van der Waals surface area contributed by atoms with Crippen molar-refractivity contribution in [3.8, 4) is 22.3 Å². The molecule has 0 fully saturated rings. The summed E-state index contributed by atoms with van der Waals surface area (Å²) in [6.07, 6.45) is 0. The van der Waals surface area contributed by atoms with Gasteiger partial charge in [0.2, 0.25) is 0 Å². The molecule has 0 atom stereocenters. The Morgan fingerprint density at radius 3 is 1.79 bits per heavy atom. The fourth-order valence-electron chi connectivity index (χ4n) is 3.92. The molecule has 3 aromatic heterocycles. The maximum absolute atomic E-state index is 5.85. The number of hydrogen-bond donors (Lipinski definition) is 3. The maximum atomic E-state index is 5.85. The average molecular weight is 682 g/mol. The molecule has 10 heteroatoms. The zero-order valence-corrected chi connectivity index (χ0v) is 23.7. The molecule has 0 amide bonds. The zero-order valence-electron chi connectivity index (χ0n) is 19.4. The number of imidazole rings is 1. The normalized spacial score (nSPS) is 11.0. The van der Waals surface area contributed by atoms with Crippen molar-refractivity contribution in [2.24, 2.45) is 0 Å². The Kier molecular flexibility index (Phi) is 6.90. The lowest BCUT2D eigenvalue weighted by Gasteiger charge is -2.07. The van der Waals surface area contributed by atoms with Crippen LogP contribution < -0.4 is 11.5 Å². The lowest BCUT2D eigenvalue weighted by Crippen LogP contribution is -1.98. The minimum atomic E-state index is 0.585. The quantitative estimate of drug-likeness (QED) is 0.144. The number of aromatic amines is 1. The molecule has 5 aromatic rings. The van der Waals surface area contributed by atoms with E-state index in [4.69, 9.17) is 20.5 Å². The highest BCUT2D eigenvalue weighted by Gasteiger charge is 2.15. The number of nitrogen functional groups attached to an aromatic ring is 2. The summed E-state index contributed by atoms with van der Waals surface area (Å²) in [5.41, 5.74) is 20.9. The Labute approximate surface area is 224 Å². The number of halogens is 2. The summed E-state index contributed by atoms with van der Waals surface area (Å²) in [6, 6.07) is 8.06. The number of nitrogens with two attached hydrogens (primary N) is 2. The first-order chi connectivity index (χ1) is 16.1. The number of aromatic nitrogens is 4. The van der Waals surface area contributed by atoms with E-state index in [0.29, 0.717) is 11.4 Å². The van der Waals surface area contributed by atoms with Crippen molar-refractivity contribution in [2.75, 3.05) is 11.5 Å². The van der Waals surface area contributed by atoms with E-state index in [-0.39, 0.29) is 0 Å². The molecule has 5 rings (SSSR count). The van der Waals surface area contributed by atoms with Gasteiger partial charge in [-0.1, -0.05) is 10.3 Å². The van der Waals surface area contributed by atoms with Gasteiger partial charge in [-0.05, 0) is 115 Å². The molecular formula is C24H24I2N6O2. The maximum Gasteiger partial charge on any atom is 0.141 e. The Hall–Kier alpha value is -2.61. The van der Waals surface area contributed by atoms with E-state index < -0.39 is 0 Å². The van der Waals surface area contributed by atoms with Gasteiger partial charge in [-0.25, -0.2) is 4.98 Å². The summed E-state index contributed by atoms with van der Waals surface area (Å²) in [5, 5.41) is 7.93. The van der Waals surface area contributed by atoms with E-state index in [9.17, 15) is 0 Å². The molecule has 8 nitrogen and oxygen atoms in total. The fraction of sp³-hybridized carbons (Fsp3) is 0.208. The van der Waals surface area contributed by atoms with Crippen LogP contribution in [0.4, 0.5) is 11.4 Å². The second kappa shape index (κ2) is 9.56. The largest absolute Gasteiger partial charge is 0.397 e. The predicted molar refractivity (Wildman–Crippen MR) is 151 cm³/mol. The van der Waals surface area contributed by atoms with Crippen molar-refractivity contribution in [2.45, 2.75) is 34.6 Å². The van der Waals surface area contributed by atoms with Crippen LogP contribution in [0.2, 0.25) is 0 Å². The molecule has 34 heavy (non-hydrogen) atoms. The predicted octanol–water partition coefficient (Wildman–Crippen LogP) is 6.48. The van der Waals surface area contributed by atoms with Gasteiger partial charge in [-0.15, -0.1) is 0 Å². The number of anilines is 2. The summed E-state index contributed by atoms with van der Waals surface area (Å²) < 4.78 is 12.4. The van der Waals surface area contributed by atoms with Gasteiger partial charge in [0.1, 0.15) is 22.9 Å². The van der Waals surface area contributed by atoms with Crippen molar-refractivity contribution >= 4 is 67.6 Å². The molecule has 5 N–H and O–H groups in total. The topological polar surface area (TPSA) is 133 Å². The molecule has 0 aliphatic heterocycles. The smallest absolute Gasteiger partial charge is 0.141 e. The molecule has 2 aromatic carbocycles. The van der Waals surface area contributed by atoms with Gasteiger partial charge in [0.05, 0.1) is 28.3 Å². The van der Waals surface area contributed by atoms with Gasteiger partial charge in [-0.2, -0.15) is 0 Å². The van der Waals surface area contributed by atoms with Crippen LogP contribution in [0.3, 0.4) is 0 Å².